The second-order valence-corrected chi connectivity index (χ2v) is 5.89. The molecule has 1 heterocycles. The summed E-state index contributed by atoms with van der Waals surface area (Å²) >= 11 is 0. The number of rotatable bonds is 3. The Bertz CT molecular complexity index is 901. The number of hydrogen-bond donors (Lipinski definition) is 0. The van der Waals surface area contributed by atoms with Crippen LogP contribution in [0.3, 0.4) is 0 Å². The van der Waals surface area contributed by atoms with Crippen molar-refractivity contribution >= 4 is 5.97 Å². The third-order valence-electron chi connectivity index (χ3n) is 4.09. The van der Waals surface area contributed by atoms with Crippen molar-refractivity contribution < 1.29 is 19.0 Å². The Kier molecular flexibility index (Phi) is 5.51. The molecular formula is C21H16N2O4. The van der Waals surface area contributed by atoms with Gasteiger partial charge in [0.05, 0.1) is 42.6 Å². The van der Waals surface area contributed by atoms with Crippen molar-refractivity contribution in [3.05, 3.63) is 82.6 Å². The van der Waals surface area contributed by atoms with E-state index < -0.39 is 18.4 Å². The standard InChI is InChI=1S/C21H16N2O4/c1-25-20(24)11-18-10-19(16-6-2-4-14(8-16)12-22)27-21(26-18)17-7-3-5-15(9-17)13-23/h2-9,11,19,21H,10H2,1H3/b18-11+/t19-,21-/m0/s1. The van der Waals surface area contributed by atoms with Crippen LogP contribution in [0.25, 0.3) is 0 Å². The molecule has 2 aromatic rings. The summed E-state index contributed by atoms with van der Waals surface area (Å²) in [6.07, 6.45) is 0.390. The van der Waals surface area contributed by atoms with Gasteiger partial charge in [-0.25, -0.2) is 4.79 Å². The molecule has 0 bridgehead atoms. The average molecular weight is 360 g/mol. The first-order chi connectivity index (χ1) is 13.1. The van der Waals surface area contributed by atoms with Crippen LogP contribution < -0.4 is 0 Å². The molecule has 0 aromatic heterocycles. The molecule has 2 aromatic carbocycles. The zero-order chi connectivity index (χ0) is 19.2. The predicted molar refractivity (Wildman–Crippen MR) is 94.7 cm³/mol. The molecule has 0 radical (unpaired) electrons. The summed E-state index contributed by atoms with van der Waals surface area (Å²) < 4.78 is 16.6. The SMILES string of the molecule is COC(=O)/C=C1\C[C@@H](c2cccc(C#N)c2)O[C@@H](c2cccc(C#N)c2)O1. The van der Waals surface area contributed by atoms with E-state index in [0.29, 0.717) is 28.9 Å². The number of methoxy groups -OCH3 is 1. The van der Waals surface area contributed by atoms with E-state index in [0.717, 1.165) is 5.56 Å². The number of hydrogen-bond acceptors (Lipinski definition) is 6. The molecule has 6 heteroatoms. The van der Waals surface area contributed by atoms with Gasteiger partial charge in [0.2, 0.25) is 6.29 Å². The second-order valence-electron chi connectivity index (χ2n) is 5.89. The van der Waals surface area contributed by atoms with Gasteiger partial charge in [-0.3, -0.25) is 0 Å². The minimum absolute atomic E-state index is 0.318. The smallest absolute Gasteiger partial charge is 0.333 e. The first kappa shape index (κ1) is 18.2. The maximum atomic E-state index is 11.7. The lowest BCUT2D eigenvalue weighted by Crippen LogP contribution is -2.21. The molecule has 0 saturated carbocycles. The van der Waals surface area contributed by atoms with Gasteiger partial charge < -0.3 is 14.2 Å². The van der Waals surface area contributed by atoms with Gasteiger partial charge in [0.1, 0.15) is 5.76 Å². The Labute approximate surface area is 156 Å². The molecule has 27 heavy (non-hydrogen) atoms. The highest BCUT2D eigenvalue weighted by atomic mass is 16.7. The van der Waals surface area contributed by atoms with Crippen LogP contribution in [0.5, 0.6) is 0 Å². The zero-order valence-corrected chi connectivity index (χ0v) is 14.6. The van der Waals surface area contributed by atoms with E-state index in [2.05, 4.69) is 16.9 Å². The van der Waals surface area contributed by atoms with Gasteiger partial charge in [-0.2, -0.15) is 10.5 Å². The highest BCUT2D eigenvalue weighted by Gasteiger charge is 2.30. The summed E-state index contributed by atoms with van der Waals surface area (Å²) in [5.74, 6) is -0.117. The van der Waals surface area contributed by atoms with Crippen molar-refractivity contribution in [1.82, 2.24) is 0 Å². The minimum Gasteiger partial charge on any atom is -0.466 e. The number of carbonyl (C=O) groups is 1. The van der Waals surface area contributed by atoms with Crippen molar-refractivity contribution in [2.24, 2.45) is 0 Å². The summed E-state index contributed by atoms with van der Waals surface area (Å²) in [5, 5.41) is 18.2. The molecule has 2 atom stereocenters. The molecule has 0 N–H and O–H groups in total. The number of carbonyl (C=O) groups excluding carboxylic acids is 1. The molecule has 134 valence electrons. The molecule has 1 aliphatic heterocycles. The quantitative estimate of drug-likeness (QED) is 0.612. The monoisotopic (exact) mass is 360 g/mol. The molecule has 0 unspecified atom stereocenters. The van der Waals surface area contributed by atoms with Crippen LogP contribution in [0.2, 0.25) is 0 Å². The number of nitrogens with zero attached hydrogens (tertiary/aromatic N) is 2. The first-order valence-electron chi connectivity index (χ1n) is 8.23. The van der Waals surface area contributed by atoms with E-state index in [-0.39, 0.29) is 0 Å². The van der Waals surface area contributed by atoms with Crippen LogP contribution in [-0.4, -0.2) is 13.1 Å². The fourth-order valence-corrected chi connectivity index (χ4v) is 2.78. The second kappa shape index (κ2) is 8.18. The van der Waals surface area contributed by atoms with Crippen molar-refractivity contribution in [3.8, 4) is 12.1 Å². The fraction of sp³-hybridized carbons (Fsp3) is 0.190. The van der Waals surface area contributed by atoms with Crippen LogP contribution in [0.4, 0.5) is 0 Å². The number of benzene rings is 2. The Morgan fingerprint density at radius 3 is 2.37 bits per heavy atom. The Balaban J connectivity index is 1.96. The molecule has 1 saturated heterocycles. The van der Waals surface area contributed by atoms with E-state index in [1.807, 2.05) is 6.07 Å². The van der Waals surface area contributed by atoms with Crippen molar-refractivity contribution in [2.75, 3.05) is 7.11 Å². The Morgan fingerprint density at radius 1 is 1.11 bits per heavy atom. The van der Waals surface area contributed by atoms with E-state index in [1.54, 1.807) is 42.5 Å². The zero-order valence-electron chi connectivity index (χ0n) is 14.6. The number of nitriles is 2. The molecule has 3 rings (SSSR count). The van der Waals surface area contributed by atoms with E-state index in [4.69, 9.17) is 20.0 Å². The fourth-order valence-electron chi connectivity index (χ4n) is 2.78. The Hall–Kier alpha value is -3.61. The van der Waals surface area contributed by atoms with Gasteiger partial charge in [-0.1, -0.05) is 24.3 Å². The topological polar surface area (TPSA) is 92.3 Å². The summed E-state index contributed by atoms with van der Waals surface area (Å²) in [7, 11) is 1.29. The predicted octanol–water partition coefficient (Wildman–Crippen LogP) is 3.66. The molecule has 1 fully saturated rings. The first-order valence-corrected chi connectivity index (χ1v) is 8.23. The average Bonchev–Trinajstić information content (AvgIpc) is 2.73. The van der Waals surface area contributed by atoms with E-state index >= 15 is 0 Å². The highest BCUT2D eigenvalue weighted by Crippen LogP contribution is 2.39. The molecular weight excluding hydrogens is 344 g/mol. The third-order valence-corrected chi connectivity index (χ3v) is 4.09. The van der Waals surface area contributed by atoms with Gasteiger partial charge in [0.25, 0.3) is 0 Å². The minimum atomic E-state index is -0.793. The van der Waals surface area contributed by atoms with E-state index in [1.165, 1.54) is 13.2 Å². The van der Waals surface area contributed by atoms with Crippen LogP contribution >= 0.6 is 0 Å². The lowest BCUT2D eigenvalue weighted by atomic mass is 10.0. The van der Waals surface area contributed by atoms with Gasteiger partial charge in [-0.05, 0) is 29.8 Å². The van der Waals surface area contributed by atoms with E-state index in [9.17, 15) is 4.79 Å². The van der Waals surface area contributed by atoms with Crippen LogP contribution in [0.1, 0.15) is 41.1 Å². The summed E-state index contributed by atoms with van der Waals surface area (Å²) in [5.41, 5.74) is 2.46. The maximum absolute atomic E-state index is 11.7. The highest BCUT2D eigenvalue weighted by molar-refractivity contribution is 5.82. The Morgan fingerprint density at radius 2 is 1.74 bits per heavy atom. The van der Waals surface area contributed by atoms with Gasteiger partial charge in [-0.15, -0.1) is 0 Å². The molecule has 1 aliphatic rings. The molecule has 0 aliphatic carbocycles. The van der Waals surface area contributed by atoms with Gasteiger partial charge >= 0.3 is 5.97 Å². The lowest BCUT2D eigenvalue weighted by Gasteiger charge is -2.33. The number of ether oxygens (including phenoxy) is 3. The van der Waals surface area contributed by atoms with Crippen LogP contribution in [0.15, 0.2) is 60.4 Å². The van der Waals surface area contributed by atoms with Crippen LogP contribution in [0, 0.1) is 22.7 Å². The lowest BCUT2D eigenvalue weighted by molar-refractivity contribution is -0.191. The van der Waals surface area contributed by atoms with Crippen molar-refractivity contribution in [1.29, 1.82) is 10.5 Å². The molecule has 0 amide bonds. The maximum Gasteiger partial charge on any atom is 0.333 e. The summed E-state index contributed by atoms with van der Waals surface area (Å²) in [6, 6.07) is 18.2. The number of esters is 1. The van der Waals surface area contributed by atoms with Gasteiger partial charge in [0.15, 0.2) is 0 Å². The van der Waals surface area contributed by atoms with Crippen molar-refractivity contribution in [2.45, 2.75) is 18.8 Å². The largest absolute Gasteiger partial charge is 0.466 e. The summed E-state index contributed by atoms with van der Waals surface area (Å²) in [6.45, 7) is 0. The van der Waals surface area contributed by atoms with Crippen LogP contribution in [-0.2, 0) is 19.0 Å². The van der Waals surface area contributed by atoms with Gasteiger partial charge in [0, 0.05) is 12.0 Å². The summed E-state index contributed by atoms with van der Waals surface area (Å²) in [4.78, 5) is 11.7. The normalized spacial score (nSPS) is 20.2. The molecule has 6 nitrogen and oxygen atoms in total. The molecule has 0 spiro atoms. The van der Waals surface area contributed by atoms with Crippen molar-refractivity contribution in [3.63, 3.8) is 0 Å². The third kappa shape index (κ3) is 4.33.